The Bertz CT molecular complexity index is 493. The number of rotatable bonds is 9. The van der Waals surface area contributed by atoms with Crippen LogP contribution in [0, 0.1) is 5.92 Å². The van der Waals surface area contributed by atoms with Crippen molar-refractivity contribution in [2.45, 2.75) is 57.9 Å². The molecule has 0 aliphatic carbocycles. The lowest BCUT2D eigenvalue weighted by Gasteiger charge is -2.24. The summed E-state index contributed by atoms with van der Waals surface area (Å²) in [5.74, 6) is 0.575. The molecule has 0 bridgehead atoms. The first-order chi connectivity index (χ1) is 11.5. The Morgan fingerprint density at radius 1 is 1.33 bits per heavy atom. The maximum atomic E-state index is 12.3. The fraction of sp³-hybridized carbons (Fsp3) is 0.632. The van der Waals surface area contributed by atoms with E-state index in [2.05, 4.69) is 24.5 Å². The van der Waals surface area contributed by atoms with Gasteiger partial charge in [-0.25, -0.2) is 0 Å². The first-order valence-electron chi connectivity index (χ1n) is 8.91. The van der Waals surface area contributed by atoms with Gasteiger partial charge in [0.2, 0.25) is 5.91 Å². The number of carbonyl (C=O) groups is 1. The van der Waals surface area contributed by atoms with Gasteiger partial charge in [0.15, 0.2) is 6.29 Å². The Labute approximate surface area is 144 Å². The largest absolute Gasteiger partial charge is 0.367 e. The molecular weight excluding hydrogens is 304 g/mol. The normalized spacial score (nSPS) is 21.8. The standard InChI is InChI=1S/C19H30N2O3/c1-14(2)12-16(13-20-17-10-11-24-19(17)23)21-18(22)9-8-15-6-4-3-5-7-15/h3-7,14,16-17,19-20,23H,8-13H2,1-2H3,(H,21,22)/t16-,17+,19?/m1/s1. The number of carbonyl (C=O) groups excluding carboxylic acids is 1. The Balaban J connectivity index is 1.77. The molecule has 2 rings (SSSR count). The second-order valence-corrected chi connectivity index (χ2v) is 6.94. The van der Waals surface area contributed by atoms with Crippen molar-refractivity contribution >= 4 is 5.91 Å². The van der Waals surface area contributed by atoms with Crippen LogP contribution in [0.5, 0.6) is 0 Å². The predicted molar refractivity (Wildman–Crippen MR) is 94.5 cm³/mol. The van der Waals surface area contributed by atoms with Crippen LogP contribution in [0.2, 0.25) is 0 Å². The first kappa shape index (κ1) is 18.9. The summed E-state index contributed by atoms with van der Waals surface area (Å²) in [7, 11) is 0. The smallest absolute Gasteiger partial charge is 0.220 e. The molecule has 1 aromatic carbocycles. The molecule has 1 saturated heterocycles. The monoisotopic (exact) mass is 334 g/mol. The van der Waals surface area contributed by atoms with Gasteiger partial charge in [0.25, 0.3) is 0 Å². The van der Waals surface area contributed by atoms with Gasteiger partial charge in [-0.1, -0.05) is 44.2 Å². The van der Waals surface area contributed by atoms with Crippen LogP contribution in [-0.2, 0) is 16.0 Å². The summed E-state index contributed by atoms with van der Waals surface area (Å²) in [6, 6.07) is 10.1. The summed E-state index contributed by atoms with van der Waals surface area (Å²) >= 11 is 0. The molecule has 24 heavy (non-hydrogen) atoms. The second kappa shape index (κ2) is 9.77. The summed E-state index contributed by atoms with van der Waals surface area (Å²) in [4.78, 5) is 12.3. The molecule has 1 amide bonds. The van der Waals surface area contributed by atoms with Gasteiger partial charge in [-0.15, -0.1) is 0 Å². The van der Waals surface area contributed by atoms with Gasteiger partial charge in [-0.2, -0.15) is 0 Å². The molecule has 134 valence electrons. The van der Waals surface area contributed by atoms with Crippen molar-refractivity contribution in [3.8, 4) is 0 Å². The molecule has 0 aromatic heterocycles. The molecule has 3 atom stereocenters. The number of hydrogen-bond acceptors (Lipinski definition) is 4. The highest BCUT2D eigenvalue weighted by molar-refractivity contribution is 5.76. The molecule has 1 aliphatic heterocycles. The van der Waals surface area contributed by atoms with E-state index in [0.29, 0.717) is 25.5 Å². The summed E-state index contributed by atoms with van der Waals surface area (Å²) in [5, 5.41) is 16.2. The molecule has 0 saturated carbocycles. The molecule has 1 aromatic rings. The topological polar surface area (TPSA) is 70.6 Å². The van der Waals surface area contributed by atoms with Crippen LogP contribution < -0.4 is 10.6 Å². The Hall–Kier alpha value is -1.43. The Kier molecular flexibility index (Phi) is 7.69. The molecule has 1 unspecified atom stereocenters. The zero-order valence-corrected chi connectivity index (χ0v) is 14.7. The van der Waals surface area contributed by atoms with E-state index in [1.807, 2.05) is 30.3 Å². The minimum absolute atomic E-state index is 0.0408. The molecule has 3 N–H and O–H groups in total. The maximum Gasteiger partial charge on any atom is 0.220 e. The molecule has 0 spiro atoms. The number of aliphatic hydroxyl groups excluding tert-OH is 1. The molecule has 1 heterocycles. The van der Waals surface area contributed by atoms with Crippen molar-refractivity contribution in [2.75, 3.05) is 13.2 Å². The van der Waals surface area contributed by atoms with E-state index >= 15 is 0 Å². The zero-order valence-electron chi connectivity index (χ0n) is 14.7. The van der Waals surface area contributed by atoms with Gasteiger partial charge in [-0.05, 0) is 30.7 Å². The van der Waals surface area contributed by atoms with Crippen LogP contribution in [0.25, 0.3) is 0 Å². The van der Waals surface area contributed by atoms with E-state index in [4.69, 9.17) is 4.74 Å². The fourth-order valence-corrected chi connectivity index (χ4v) is 3.04. The number of aryl methyl sites for hydroxylation is 1. The third kappa shape index (κ3) is 6.59. The van der Waals surface area contributed by atoms with Gasteiger partial charge in [0.05, 0.1) is 12.6 Å². The lowest BCUT2D eigenvalue weighted by Crippen LogP contribution is -2.47. The fourth-order valence-electron chi connectivity index (χ4n) is 3.04. The third-order valence-electron chi connectivity index (χ3n) is 4.29. The van der Waals surface area contributed by atoms with Gasteiger partial charge in [0.1, 0.15) is 0 Å². The quantitative estimate of drug-likeness (QED) is 0.644. The minimum atomic E-state index is -0.738. The third-order valence-corrected chi connectivity index (χ3v) is 4.29. The van der Waals surface area contributed by atoms with E-state index in [9.17, 15) is 9.90 Å². The number of ether oxygens (including phenoxy) is 1. The molecule has 0 radical (unpaired) electrons. The summed E-state index contributed by atoms with van der Waals surface area (Å²) < 4.78 is 5.15. The van der Waals surface area contributed by atoms with Gasteiger partial charge in [-0.3, -0.25) is 4.79 Å². The first-order valence-corrected chi connectivity index (χ1v) is 8.91. The van der Waals surface area contributed by atoms with Crippen molar-refractivity contribution in [1.82, 2.24) is 10.6 Å². The minimum Gasteiger partial charge on any atom is -0.367 e. The van der Waals surface area contributed by atoms with E-state index < -0.39 is 6.29 Å². The summed E-state index contributed by atoms with van der Waals surface area (Å²) in [6.07, 6.45) is 2.22. The average molecular weight is 334 g/mol. The molecule has 1 aliphatic rings. The highest BCUT2D eigenvalue weighted by Crippen LogP contribution is 2.12. The average Bonchev–Trinajstić information content (AvgIpc) is 2.96. The second-order valence-electron chi connectivity index (χ2n) is 6.94. The number of benzene rings is 1. The lowest BCUT2D eigenvalue weighted by molar-refractivity contribution is -0.121. The van der Waals surface area contributed by atoms with Crippen LogP contribution in [0.1, 0.15) is 38.7 Å². The van der Waals surface area contributed by atoms with E-state index in [1.165, 1.54) is 5.56 Å². The maximum absolute atomic E-state index is 12.3. The Morgan fingerprint density at radius 2 is 2.08 bits per heavy atom. The molecule has 5 heteroatoms. The molecular formula is C19H30N2O3. The number of nitrogens with one attached hydrogen (secondary N) is 2. The van der Waals surface area contributed by atoms with Crippen molar-refractivity contribution < 1.29 is 14.6 Å². The molecule has 5 nitrogen and oxygen atoms in total. The Morgan fingerprint density at radius 3 is 2.71 bits per heavy atom. The van der Waals surface area contributed by atoms with Crippen LogP contribution in [-0.4, -0.2) is 42.5 Å². The summed E-state index contributed by atoms with van der Waals surface area (Å²) in [6.45, 7) is 5.53. The zero-order chi connectivity index (χ0) is 17.4. The van der Waals surface area contributed by atoms with Crippen LogP contribution in [0.3, 0.4) is 0 Å². The van der Waals surface area contributed by atoms with E-state index in [1.54, 1.807) is 0 Å². The SMILES string of the molecule is CC(C)C[C@H](CN[C@H]1CCOC1O)NC(=O)CCc1ccccc1. The lowest BCUT2D eigenvalue weighted by atomic mass is 10.0. The van der Waals surface area contributed by atoms with E-state index in [-0.39, 0.29) is 18.0 Å². The number of amides is 1. The number of aliphatic hydroxyl groups is 1. The van der Waals surface area contributed by atoms with Crippen molar-refractivity contribution in [1.29, 1.82) is 0 Å². The highest BCUT2D eigenvalue weighted by Gasteiger charge is 2.26. The van der Waals surface area contributed by atoms with Crippen LogP contribution >= 0.6 is 0 Å². The van der Waals surface area contributed by atoms with Gasteiger partial charge < -0.3 is 20.5 Å². The van der Waals surface area contributed by atoms with Crippen molar-refractivity contribution in [2.24, 2.45) is 5.92 Å². The number of hydrogen-bond donors (Lipinski definition) is 3. The van der Waals surface area contributed by atoms with Crippen molar-refractivity contribution in [3.63, 3.8) is 0 Å². The summed E-state index contributed by atoms with van der Waals surface area (Å²) in [5.41, 5.74) is 1.18. The van der Waals surface area contributed by atoms with E-state index in [0.717, 1.165) is 19.3 Å². The molecule has 1 fully saturated rings. The van der Waals surface area contributed by atoms with Gasteiger partial charge >= 0.3 is 0 Å². The van der Waals surface area contributed by atoms with Crippen LogP contribution in [0.15, 0.2) is 30.3 Å². The van der Waals surface area contributed by atoms with Crippen molar-refractivity contribution in [3.05, 3.63) is 35.9 Å². The van der Waals surface area contributed by atoms with Crippen LogP contribution in [0.4, 0.5) is 0 Å². The highest BCUT2D eigenvalue weighted by atomic mass is 16.6. The predicted octanol–water partition coefficient (Wildman–Crippen LogP) is 1.85. The van der Waals surface area contributed by atoms with Gasteiger partial charge in [0, 0.05) is 19.0 Å².